The second-order valence-electron chi connectivity index (χ2n) is 5.82. The van der Waals surface area contributed by atoms with Gasteiger partial charge in [0.1, 0.15) is 0 Å². The molecule has 0 aliphatic carbocycles. The lowest BCUT2D eigenvalue weighted by Gasteiger charge is -2.29. The van der Waals surface area contributed by atoms with Gasteiger partial charge in [0.05, 0.1) is 31.7 Å². The number of halogens is 3. The molecule has 1 amide bonds. The highest BCUT2D eigenvalue weighted by Gasteiger charge is 2.23. The normalized spacial score (nSPS) is 16.0. The molecule has 11 heteroatoms. The van der Waals surface area contributed by atoms with E-state index in [0.717, 1.165) is 16.6 Å². The van der Waals surface area contributed by atoms with Gasteiger partial charge in [-0.1, -0.05) is 0 Å². The molecule has 26 heavy (non-hydrogen) atoms. The van der Waals surface area contributed by atoms with Crippen LogP contribution in [0.1, 0.15) is 0 Å². The van der Waals surface area contributed by atoms with Crippen molar-refractivity contribution >= 4 is 21.6 Å². The number of carbonyl (C=O) groups is 1. The molecule has 1 aromatic rings. The molecule has 1 aromatic carbocycles. The molecular formula is C15H20F3N3O4S. The quantitative estimate of drug-likeness (QED) is 0.686. The highest BCUT2D eigenvalue weighted by molar-refractivity contribution is 7.88. The van der Waals surface area contributed by atoms with Gasteiger partial charge in [-0.15, -0.1) is 0 Å². The summed E-state index contributed by atoms with van der Waals surface area (Å²) in [5, 5.41) is 2.06. The molecule has 0 saturated carbocycles. The van der Waals surface area contributed by atoms with Gasteiger partial charge in [-0.05, 0) is 12.1 Å². The van der Waals surface area contributed by atoms with Crippen LogP contribution >= 0.6 is 0 Å². The number of nitrogens with one attached hydrogen (secondary N) is 1. The zero-order valence-corrected chi connectivity index (χ0v) is 15.0. The fourth-order valence-electron chi connectivity index (χ4n) is 2.41. The summed E-state index contributed by atoms with van der Waals surface area (Å²) in [6.45, 7) is 2.31. The van der Waals surface area contributed by atoms with Crippen molar-refractivity contribution < 1.29 is 31.1 Å². The Morgan fingerprint density at radius 3 is 2.50 bits per heavy atom. The lowest BCUT2D eigenvalue weighted by molar-refractivity contribution is -0.116. The Bertz CT molecular complexity index is 755. The molecule has 1 saturated heterocycles. The van der Waals surface area contributed by atoms with E-state index < -0.39 is 45.6 Å². The van der Waals surface area contributed by atoms with E-state index in [0.29, 0.717) is 38.9 Å². The summed E-state index contributed by atoms with van der Waals surface area (Å²) in [7, 11) is -3.69. The summed E-state index contributed by atoms with van der Waals surface area (Å²) in [6.07, 6.45) is 0.956. The Morgan fingerprint density at radius 2 is 1.88 bits per heavy atom. The number of ether oxygens (including phenoxy) is 1. The number of rotatable bonds is 7. The maximum absolute atomic E-state index is 13.6. The third-order valence-electron chi connectivity index (χ3n) is 3.87. The van der Waals surface area contributed by atoms with E-state index in [-0.39, 0.29) is 6.54 Å². The molecular weight excluding hydrogens is 375 g/mol. The number of hydrogen-bond acceptors (Lipinski definition) is 5. The van der Waals surface area contributed by atoms with Crippen molar-refractivity contribution in [3.63, 3.8) is 0 Å². The van der Waals surface area contributed by atoms with Crippen molar-refractivity contribution in [1.29, 1.82) is 0 Å². The maximum Gasteiger partial charge on any atom is 0.239 e. The number of morpholine rings is 1. The van der Waals surface area contributed by atoms with Gasteiger partial charge in [-0.25, -0.2) is 21.6 Å². The van der Waals surface area contributed by atoms with Crippen molar-refractivity contribution in [3.8, 4) is 0 Å². The van der Waals surface area contributed by atoms with Gasteiger partial charge in [0.15, 0.2) is 17.5 Å². The van der Waals surface area contributed by atoms with Crippen LogP contribution in [0.25, 0.3) is 0 Å². The number of carbonyl (C=O) groups excluding carboxylic acids is 1. The van der Waals surface area contributed by atoms with Crippen LogP contribution in [0.2, 0.25) is 0 Å². The smallest absolute Gasteiger partial charge is 0.239 e. The number of hydrogen-bond donors (Lipinski definition) is 1. The minimum Gasteiger partial charge on any atom is -0.379 e. The van der Waals surface area contributed by atoms with E-state index in [1.807, 2.05) is 4.90 Å². The van der Waals surface area contributed by atoms with Crippen LogP contribution < -0.4 is 5.32 Å². The van der Waals surface area contributed by atoms with E-state index in [1.165, 1.54) is 0 Å². The van der Waals surface area contributed by atoms with Crippen molar-refractivity contribution in [2.75, 3.05) is 57.5 Å². The van der Waals surface area contributed by atoms with E-state index in [4.69, 9.17) is 4.74 Å². The van der Waals surface area contributed by atoms with E-state index in [1.54, 1.807) is 0 Å². The van der Waals surface area contributed by atoms with Crippen LogP contribution in [0, 0.1) is 17.5 Å². The number of nitrogens with zero attached hydrogens (tertiary/aromatic N) is 2. The van der Waals surface area contributed by atoms with Crippen molar-refractivity contribution in [3.05, 3.63) is 29.6 Å². The molecule has 1 aliphatic rings. The second kappa shape index (κ2) is 8.80. The van der Waals surface area contributed by atoms with Crippen molar-refractivity contribution in [2.24, 2.45) is 0 Å². The van der Waals surface area contributed by atoms with Gasteiger partial charge >= 0.3 is 0 Å². The van der Waals surface area contributed by atoms with Crippen LogP contribution in [-0.4, -0.2) is 75.7 Å². The zero-order valence-electron chi connectivity index (χ0n) is 14.2. The highest BCUT2D eigenvalue weighted by atomic mass is 32.2. The predicted molar refractivity (Wildman–Crippen MR) is 88.6 cm³/mol. The van der Waals surface area contributed by atoms with E-state index in [2.05, 4.69) is 5.32 Å². The average molecular weight is 395 g/mol. The molecule has 0 bridgehead atoms. The lowest BCUT2D eigenvalue weighted by Crippen LogP contribution is -2.45. The molecule has 1 aliphatic heterocycles. The summed E-state index contributed by atoms with van der Waals surface area (Å²) < 4.78 is 69.6. The molecule has 0 aromatic heterocycles. The molecule has 0 unspecified atom stereocenters. The van der Waals surface area contributed by atoms with E-state index >= 15 is 0 Å². The Kier molecular flexibility index (Phi) is 6.98. The van der Waals surface area contributed by atoms with Crippen LogP contribution in [-0.2, 0) is 19.6 Å². The minimum absolute atomic E-state index is 0.0620. The number of anilines is 1. The Labute approximate surface area is 149 Å². The SMILES string of the molecule is CS(=O)(=O)N(CCN1CCOCC1)CC(=O)Nc1ccc(F)c(F)c1F. The molecule has 1 heterocycles. The molecule has 146 valence electrons. The molecule has 7 nitrogen and oxygen atoms in total. The van der Waals surface area contributed by atoms with Gasteiger partial charge in [0.2, 0.25) is 15.9 Å². The Hall–Kier alpha value is -1.69. The number of benzene rings is 1. The zero-order chi connectivity index (χ0) is 19.3. The summed E-state index contributed by atoms with van der Waals surface area (Å²) in [5.41, 5.74) is -0.560. The standard InChI is InChI=1S/C15H20F3N3O4S/c1-26(23,24)21(5-4-20-6-8-25-9-7-20)10-13(22)19-12-3-2-11(16)14(17)15(12)18/h2-3H,4-10H2,1H3,(H,19,22). The fraction of sp³-hybridized carbons (Fsp3) is 0.533. The van der Waals surface area contributed by atoms with Crippen LogP contribution in [0.4, 0.5) is 18.9 Å². The topological polar surface area (TPSA) is 79.0 Å². The molecule has 0 radical (unpaired) electrons. The largest absolute Gasteiger partial charge is 0.379 e. The predicted octanol–water partition coefficient (Wildman–Crippen LogP) is 0.636. The lowest BCUT2D eigenvalue weighted by atomic mass is 10.2. The van der Waals surface area contributed by atoms with Crippen LogP contribution in [0.5, 0.6) is 0 Å². The first-order valence-corrected chi connectivity index (χ1v) is 9.72. The van der Waals surface area contributed by atoms with Crippen LogP contribution in [0.15, 0.2) is 12.1 Å². The molecule has 1 fully saturated rings. The first-order chi connectivity index (χ1) is 12.2. The van der Waals surface area contributed by atoms with Gasteiger partial charge < -0.3 is 10.1 Å². The van der Waals surface area contributed by atoms with Gasteiger partial charge in [0.25, 0.3) is 0 Å². The number of amides is 1. The van der Waals surface area contributed by atoms with Crippen molar-refractivity contribution in [2.45, 2.75) is 0 Å². The first kappa shape index (κ1) is 20.6. The Morgan fingerprint density at radius 1 is 1.23 bits per heavy atom. The van der Waals surface area contributed by atoms with E-state index in [9.17, 15) is 26.4 Å². The monoisotopic (exact) mass is 395 g/mol. The summed E-state index contributed by atoms with van der Waals surface area (Å²) in [6, 6.07) is 1.53. The number of sulfonamides is 1. The summed E-state index contributed by atoms with van der Waals surface area (Å²) >= 11 is 0. The maximum atomic E-state index is 13.6. The first-order valence-electron chi connectivity index (χ1n) is 7.87. The van der Waals surface area contributed by atoms with Gasteiger partial charge in [-0.3, -0.25) is 9.69 Å². The van der Waals surface area contributed by atoms with Crippen molar-refractivity contribution in [1.82, 2.24) is 9.21 Å². The van der Waals surface area contributed by atoms with Crippen LogP contribution in [0.3, 0.4) is 0 Å². The minimum atomic E-state index is -3.69. The molecule has 0 atom stereocenters. The summed E-state index contributed by atoms with van der Waals surface area (Å²) in [4.78, 5) is 14.0. The third-order valence-corrected chi connectivity index (χ3v) is 5.12. The van der Waals surface area contributed by atoms with Gasteiger partial charge in [0, 0.05) is 26.2 Å². The third kappa shape index (κ3) is 5.66. The highest BCUT2D eigenvalue weighted by Crippen LogP contribution is 2.19. The Balaban J connectivity index is 1.99. The molecule has 2 rings (SSSR count). The fourth-order valence-corrected chi connectivity index (χ4v) is 3.18. The average Bonchev–Trinajstić information content (AvgIpc) is 2.59. The molecule has 0 spiro atoms. The summed E-state index contributed by atoms with van der Waals surface area (Å²) in [5.74, 6) is -5.50. The second-order valence-corrected chi connectivity index (χ2v) is 7.80. The molecule has 1 N–H and O–H groups in total. The van der Waals surface area contributed by atoms with Gasteiger partial charge in [-0.2, -0.15) is 4.31 Å².